The summed E-state index contributed by atoms with van der Waals surface area (Å²) in [4.78, 5) is 101. The Labute approximate surface area is 799 Å². The number of ketones is 4. The molecule has 0 radical (unpaired) electrons. The van der Waals surface area contributed by atoms with E-state index in [0.717, 1.165) is 162 Å². The quantitative estimate of drug-likeness (QED) is 0.00229. The van der Waals surface area contributed by atoms with Crippen LogP contribution in [0.4, 0.5) is 117 Å². The highest BCUT2D eigenvalue weighted by molar-refractivity contribution is 8.03. The highest BCUT2D eigenvalue weighted by Crippen LogP contribution is 2.35. The van der Waals surface area contributed by atoms with Crippen LogP contribution in [-0.4, -0.2) is 94.3 Å². The SMILES string of the molecule is N/C(=C\C(=O)c1ccc(F)cc1F)Sc1ccc(Cl)cc1.NC(C=C(O)c1ccc(F)cc1F)=Nc1c(F)cc(O)cc1F.Nc1c(C(=O)c2ccc(F)cc2F)ccc(=O)n1-c1c(F)cc(O)cc1F.Nc1c(C(=O)c2ccc(F)cc2F)ccc(=O)n1-c1c(F)cc(OCCC=O)cc1F.Nc1c(C(=O)c2ccc(F)cc2F)ccc(=O)n1-c1c(F)cc(OCCCO)cc1F.Nc1c(F)cc(O)cc1F. The van der Waals surface area contributed by atoms with Crippen LogP contribution in [0, 0.1) is 116 Å². The van der Waals surface area contributed by atoms with Crippen molar-refractivity contribution in [2.75, 3.05) is 42.8 Å². The number of anilines is 4. The van der Waals surface area contributed by atoms with Crippen molar-refractivity contribution in [1.82, 2.24) is 13.7 Å². The number of aliphatic imine (C=N–C) groups is 1. The summed E-state index contributed by atoms with van der Waals surface area (Å²) in [7, 11) is 0. The van der Waals surface area contributed by atoms with Gasteiger partial charge in [-0.25, -0.2) is 92.8 Å². The number of nitrogen functional groups attached to an aromatic ring is 4. The minimum atomic E-state index is -1.31. The summed E-state index contributed by atoms with van der Waals surface area (Å²) in [5, 5.41) is 46.1. The van der Waals surface area contributed by atoms with E-state index in [9.17, 15) is 136 Å². The van der Waals surface area contributed by atoms with Gasteiger partial charge in [0.15, 0.2) is 81.3 Å². The number of nitrogens with two attached hydrogens (primary N) is 6. The van der Waals surface area contributed by atoms with Crippen LogP contribution in [-0.2, 0) is 4.79 Å². The van der Waals surface area contributed by atoms with Crippen molar-refractivity contribution < 1.29 is 147 Å². The number of hydrogen-bond donors (Lipinski definition) is 11. The van der Waals surface area contributed by atoms with E-state index in [1.54, 1.807) is 24.3 Å². The number of benzene rings is 11. The Balaban J connectivity index is 0.000000196. The summed E-state index contributed by atoms with van der Waals surface area (Å²) < 4.78 is 284. The van der Waals surface area contributed by atoms with E-state index in [-0.39, 0.29) is 60.3 Å². The zero-order valence-corrected chi connectivity index (χ0v) is 73.5. The molecule has 742 valence electrons. The molecule has 47 heteroatoms. The number of aromatic nitrogens is 3. The molecule has 0 aliphatic heterocycles. The smallest absolute Gasteiger partial charge is 0.256 e. The molecular weight excluding hydrogens is 1980 g/mol. The third-order valence-electron chi connectivity index (χ3n) is 18.7. The molecule has 14 aromatic rings. The van der Waals surface area contributed by atoms with Gasteiger partial charge in [-0.1, -0.05) is 23.4 Å². The van der Waals surface area contributed by atoms with Gasteiger partial charge in [-0.05, 0) is 103 Å². The lowest BCUT2D eigenvalue weighted by molar-refractivity contribution is -0.108. The third kappa shape index (κ3) is 28.0. The van der Waals surface area contributed by atoms with Crippen LogP contribution in [0.5, 0.6) is 28.7 Å². The number of amidine groups is 1. The number of allylic oxidation sites excluding steroid dienone is 1. The molecule has 0 atom stereocenters. The average molecular weight is 2050 g/mol. The number of nitrogens with zero attached hydrogens (tertiary/aromatic N) is 4. The van der Waals surface area contributed by atoms with Crippen LogP contribution in [0.1, 0.15) is 76.5 Å². The fourth-order valence-corrected chi connectivity index (χ4v) is 13.0. The van der Waals surface area contributed by atoms with E-state index in [1.807, 2.05) is 0 Å². The number of carbonyl (C=O) groups excluding carboxylic acids is 5. The summed E-state index contributed by atoms with van der Waals surface area (Å²) in [5.41, 5.74) is 23.2. The highest BCUT2D eigenvalue weighted by Gasteiger charge is 2.29. The number of halogens is 21. The van der Waals surface area contributed by atoms with Crippen molar-refractivity contribution in [2.24, 2.45) is 16.5 Å². The maximum Gasteiger partial charge on any atom is 0.256 e. The number of aromatic hydroxyl groups is 3. The monoisotopic (exact) mass is 2040 g/mol. The Morgan fingerprint density at radius 1 is 0.371 bits per heavy atom. The van der Waals surface area contributed by atoms with Crippen molar-refractivity contribution >= 4 is 93.2 Å². The van der Waals surface area contributed by atoms with Crippen molar-refractivity contribution in [1.29, 1.82) is 0 Å². The number of hydrogen-bond acceptors (Lipinski definition) is 22. The second kappa shape index (κ2) is 48.7. The minimum absolute atomic E-state index is 0.00149. The Morgan fingerprint density at radius 2 is 0.671 bits per heavy atom. The average Bonchev–Trinajstić information content (AvgIpc) is 0.773. The molecule has 0 fully saturated rings. The van der Waals surface area contributed by atoms with Gasteiger partial charge in [-0.2, -0.15) is 0 Å². The van der Waals surface area contributed by atoms with Gasteiger partial charge in [0.05, 0.1) is 62.8 Å². The van der Waals surface area contributed by atoms with Crippen LogP contribution >= 0.6 is 23.4 Å². The predicted octanol–water partition coefficient (Wildman–Crippen LogP) is 18.2. The molecule has 0 amide bonds. The Kier molecular flexibility index (Phi) is 37.2. The largest absolute Gasteiger partial charge is 0.508 e. The lowest BCUT2D eigenvalue weighted by Gasteiger charge is -2.15. The van der Waals surface area contributed by atoms with Crippen molar-refractivity contribution in [3.05, 3.63) is 426 Å². The van der Waals surface area contributed by atoms with Gasteiger partial charge < -0.3 is 74.2 Å². The Bertz CT molecular complexity index is 7460. The molecule has 25 nitrogen and oxygen atoms in total. The number of carbonyl (C=O) groups is 5. The van der Waals surface area contributed by atoms with Gasteiger partial charge in [-0.15, -0.1) is 0 Å². The number of phenols is 3. The number of aliphatic hydroxyl groups is 2. The summed E-state index contributed by atoms with van der Waals surface area (Å²) in [5.74, 6) is -30.5. The second-order valence-corrected chi connectivity index (χ2v) is 30.2. The zero-order chi connectivity index (χ0) is 106. The van der Waals surface area contributed by atoms with E-state index in [2.05, 4.69) is 4.99 Å². The molecule has 0 spiro atoms. The molecular formula is C96H65ClF20N10O15S. The maximum atomic E-state index is 14.7. The number of aliphatic hydroxyl groups excluding tert-OH is 2. The van der Waals surface area contributed by atoms with Crippen molar-refractivity contribution in [3.8, 4) is 45.8 Å². The summed E-state index contributed by atoms with van der Waals surface area (Å²) in [6.07, 6.45) is 2.66. The number of phenolic OH excluding ortho intramolecular Hbond substituents is 3. The van der Waals surface area contributed by atoms with Gasteiger partial charge in [-0.3, -0.25) is 47.3 Å². The predicted molar refractivity (Wildman–Crippen MR) is 482 cm³/mol. The van der Waals surface area contributed by atoms with Gasteiger partial charge >= 0.3 is 0 Å². The van der Waals surface area contributed by atoms with E-state index in [0.29, 0.717) is 79.6 Å². The number of rotatable bonds is 24. The fraction of sp³-hybridized carbons (Fsp3) is 0.0521. The molecule has 0 aliphatic carbocycles. The molecule has 11 aromatic carbocycles. The summed E-state index contributed by atoms with van der Waals surface area (Å²) >= 11 is 6.91. The first kappa shape index (κ1) is 109. The zero-order valence-electron chi connectivity index (χ0n) is 71.9. The van der Waals surface area contributed by atoms with Crippen LogP contribution in [0.3, 0.4) is 0 Å². The third-order valence-corrected chi connectivity index (χ3v) is 19.8. The first-order chi connectivity index (χ1) is 67.5. The minimum Gasteiger partial charge on any atom is -0.508 e. The highest BCUT2D eigenvalue weighted by atomic mass is 35.5. The number of thioether (sulfide) groups is 1. The molecule has 0 unspecified atom stereocenters. The molecule has 3 heterocycles. The van der Waals surface area contributed by atoms with Crippen LogP contribution in [0.2, 0.25) is 5.02 Å². The number of ether oxygens (including phenoxy) is 2. The lowest BCUT2D eigenvalue weighted by atomic mass is 10.0. The van der Waals surface area contributed by atoms with Gasteiger partial charge in [0.25, 0.3) is 16.7 Å². The van der Waals surface area contributed by atoms with E-state index in [1.165, 1.54) is 0 Å². The maximum absolute atomic E-state index is 14.7. The van der Waals surface area contributed by atoms with Crippen molar-refractivity contribution in [3.63, 3.8) is 0 Å². The van der Waals surface area contributed by atoms with E-state index < -0.39 is 264 Å². The fourth-order valence-electron chi connectivity index (χ4n) is 12.2. The molecule has 17 N–H and O–H groups in total. The summed E-state index contributed by atoms with van der Waals surface area (Å²) in [6.45, 7) is -0.286. The van der Waals surface area contributed by atoms with Gasteiger partial charge in [0.1, 0.15) is 151 Å². The molecule has 0 bridgehead atoms. The molecule has 0 saturated carbocycles. The lowest BCUT2D eigenvalue weighted by Crippen LogP contribution is -2.25. The standard InChI is InChI=1S/C21H16F4N2O4.C21H14F4N2O4.C18H10F4N2O3.C15H10ClF2NOS.C15H10F4N2O2.C6H5F2NO/c2*22-11-2-3-13(15(23)8-11)20(30)14-4-5-18(29)27(21(14)26)19-16(24)9-12(10-17(19)25)31-7-1-6-28;19-8-1-2-10(12(20)5-8)17(27)11-3-4-15(26)24(18(11)23)16-13(21)6-9(25)7-14(16)22;16-9-1-4-11(5-2-9)21-15(19)8-14(20)12-6-3-10(17)7-13(12)18;16-7-1-2-9(10(17)3-7)13(23)6-14(20)21-15-11(18)4-8(22)5-12(15)19;7-4-1-3(10)2-5(8)6(4)9/h2-5,8-10,28H,1,6-7,26H2;2-6,8-10H,1,7,26H2;1-7,25H,23H2;1-8H,19H2;1-6,22-23H,(H2,20,21);1-2,10H,9H2/b;;;15-8+;;. The van der Waals surface area contributed by atoms with Crippen LogP contribution in [0.15, 0.2) is 254 Å². The van der Waals surface area contributed by atoms with Gasteiger partial charge in [0, 0.05) is 151 Å². The first-order valence-electron chi connectivity index (χ1n) is 39.8. The second-order valence-electron chi connectivity index (χ2n) is 28.6. The molecule has 14 rings (SSSR count). The first-order valence-corrected chi connectivity index (χ1v) is 41.0. The molecule has 0 aliphatic rings. The van der Waals surface area contributed by atoms with Crippen molar-refractivity contribution in [2.45, 2.75) is 17.7 Å². The van der Waals surface area contributed by atoms with E-state index in [4.69, 9.17) is 70.8 Å². The van der Waals surface area contributed by atoms with Gasteiger partial charge in [0.2, 0.25) is 0 Å². The molecule has 3 aromatic heterocycles. The topological polar surface area (TPSA) is 439 Å². The normalized spacial score (nSPS) is 11.1. The Morgan fingerprint density at radius 3 is 1.00 bits per heavy atom. The molecule has 143 heavy (non-hydrogen) atoms. The summed E-state index contributed by atoms with van der Waals surface area (Å²) in [6, 6.07) is 31.2. The van der Waals surface area contributed by atoms with Crippen LogP contribution in [0.25, 0.3) is 22.8 Å². The van der Waals surface area contributed by atoms with E-state index >= 15 is 0 Å². The van der Waals surface area contributed by atoms with Crippen LogP contribution < -0.4 is 60.6 Å². The number of aldehydes is 1. The Hall–Kier alpha value is -17.4. The number of pyridine rings is 3. The molecule has 0 saturated heterocycles.